The van der Waals surface area contributed by atoms with E-state index < -0.39 is 0 Å². The number of carbonyl (C=O) groups is 1. The van der Waals surface area contributed by atoms with Crippen LogP contribution in [0.1, 0.15) is 30.6 Å². The second-order valence-electron chi connectivity index (χ2n) is 4.92. The van der Waals surface area contributed by atoms with Crippen LogP contribution in [0, 0.1) is 0 Å². The quantitative estimate of drug-likeness (QED) is 0.847. The Kier molecular flexibility index (Phi) is 4.83. The summed E-state index contributed by atoms with van der Waals surface area (Å²) in [6, 6.07) is 7.65. The first kappa shape index (κ1) is 14.4. The van der Waals surface area contributed by atoms with Crippen molar-refractivity contribution in [2.75, 3.05) is 26.2 Å². The second kappa shape index (κ2) is 6.40. The summed E-state index contributed by atoms with van der Waals surface area (Å²) in [5.41, 5.74) is 0.726. The molecule has 0 bridgehead atoms. The van der Waals surface area contributed by atoms with Crippen molar-refractivity contribution in [1.29, 1.82) is 0 Å². The predicted octanol–water partition coefficient (Wildman–Crippen LogP) is 2.90. The van der Waals surface area contributed by atoms with E-state index in [0.717, 1.165) is 38.2 Å². The average Bonchev–Trinajstić information content (AvgIpc) is 2.90. The Morgan fingerprint density at radius 1 is 1.32 bits per heavy atom. The summed E-state index contributed by atoms with van der Waals surface area (Å²) in [4.78, 5) is 16.7. The van der Waals surface area contributed by atoms with Gasteiger partial charge < -0.3 is 4.90 Å². The van der Waals surface area contributed by atoms with Gasteiger partial charge in [-0.05, 0) is 43.8 Å². The van der Waals surface area contributed by atoms with Crippen LogP contribution < -0.4 is 0 Å². The fraction of sp³-hybridized carbons (Fsp3) is 0.533. The van der Waals surface area contributed by atoms with Crippen LogP contribution in [0.15, 0.2) is 24.3 Å². The van der Waals surface area contributed by atoms with Crippen LogP contribution in [0.2, 0.25) is 5.02 Å². The minimum atomic E-state index is 0.117. The number of nitrogens with zero attached hydrogens (tertiary/aromatic N) is 2. The van der Waals surface area contributed by atoms with E-state index in [1.165, 1.54) is 0 Å². The number of likely N-dealkylation sites (N-methyl/N-ethyl adjacent to an activating group) is 1. The largest absolute Gasteiger partial charge is 0.337 e. The van der Waals surface area contributed by atoms with Gasteiger partial charge in [-0.1, -0.05) is 25.4 Å². The minimum absolute atomic E-state index is 0.117. The SMILES string of the molecule is CCN(CC)C1CCN(C(=O)c2ccc(Cl)cc2)C1. The standard InChI is InChI=1S/C15H21ClN2O/c1-3-17(4-2)14-9-10-18(11-14)15(19)12-5-7-13(16)8-6-12/h5-8,14H,3-4,9-11H2,1-2H3. The van der Waals surface area contributed by atoms with E-state index >= 15 is 0 Å². The summed E-state index contributed by atoms with van der Waals surface area (Å²) >= 11 is 5.85. The van der Waals surface area contributed by atoms with Gasteiger partial charge in [0.2, 0.25) is 0 Å². The summed E-state index contributed by atoms with van der Waals surface area (Å²) in [7, 11) is 0. The first-order valence-electron chi connectivity index (χ1n) is 6.94. The lowest BCUT2D eigenvalue weighted by atomic mass is 10.2. The van der Waals surface area contributed by atoms with E-state index in [1.54, 1.807) is 24.3 Å². The molecule has 104 valence electrons. The molecule has 1 aliphatic rings. The predicted molar refractivity (Wildman–Crippen MR) is 78.7 cm³/mol. The van der Waals surface area contributed by atoms with Crippen molar-refractivity contribution in [3.05, 3.63) is 34.9 Å². The van der Waals surface area contributed by atoms with Gasteiger partial charge in [0, 0.05) is 29.7 Å². The first-order chi connectivity index (χ1) is 9.15. The molecule has 0 aliphatic carbocycles. The molecule has 1 unspecified atom stereocenters. The lowest BCUT2D eigenvalue weighted by Gasteiger charge is -2.26. The number of benzene rings is 1. The summed E-state index contributed by atoms with van der Waals surface area (Å²) in [6.45, 7) is 8.13. The number of likely N-dealkylation sites (tertiary alicyclic amines) is 1. The summed E-state index contributed by atoms with van der Waals surface area (Å²) in [5, 5.41) is 0.666. The van der Waals surface area contributed by atoms with Crippen molar-refractivity contribution in [1.82, 2.24) is 9.80 Å². The molecule has 0 saturated carbocycles. The number of rotatable bonds is 4. The molecule has 0 aromatic heterocycles. The molecule has 1 aliphatic heterocycles. The number of amides is 1. The molecule has 19 heavy (non-hydrogen) atoms. The van der Waals surface area contributed by atoms with Crippen LogP contribution in [0.5, 0.6) is 0 Å². The summed E-state index contributed by atoms with van der Waals surface area (Å²) in [6.07, 6.45) is 1.07. The monoisotopic (exact) mass is 280 g/mol. The van der Waals surface area contributed by atoms with Crippen molar-refractivity contribution in [2.45, 2.75) is 26.3 Å². The first-order valence-corrected chi connectivity index (χ1v) is 7.32. The highest BCUT2D eigenvalue weighted by Gasteiger charge is 2.29. The van der Waals surface area contributed by atoms with Crippen molar-refractivity contribution in [3.63, 3.8) is 0 Å². The molecule has 1 saturated heterocycles. The van der Waals surface area contributed by atoms with E-state index in [0.29, 0.717) is 11.1 Å². The maximum atomic E-state index is 12.4. The summed E-state index contributed by atoms with van der Waals surface area (Å²) in [5.74, 6) is 0.117. The molecule has 3 nitrogen and oxygen atoms in total. The molecule has 1 fully saturated rings. The van der Waals surface area contributed by atoms with Crippen LogP contribution in [-0.4, -0.2) is 47.9 Å². The van der Waals surface area contributed by atoms with E-state index in [9.17, 15) is 4.79 Å². The van der Waals surface area contributed by atoms with Gasteiger partial charge in [-0.15, -0.1) is 0 Å². The van der Waals surface area contributed by atoms with E-state index in [-0.39, 0.29) is 5.91 Å². The molecule has 1 aromatic rings. The number of hydrogen-bond donors (Lipinski definition) is 0. The molecule has 0 N–H and O–H groups in total. The lowest BCUT2D eigenvalue weighted by molar-refractivity contribution is 0.0778. The molecule has 1 heterocycles. The van der Waals surface area contributed by atoms with Gasteiger partial charge in [0.05, 0.1) is 0 Å². The number of hydrogen-bond acceptors (Lipinski definition) is 2. The Morgan fingerprint density at radius 2 is 1.95 bits per heavy atom. The van der Waals surface area contributed by atoms with Crippen molar-refractivity contribution >= 4 is 17.5 Å². The number of carbonyl (C=O) groups excluding carboxylic acids is 1. The average molecular weight is 281 g/mol. The van der Waals surface area contributed by atoms with Crippen LogP contribution in [0.3, 0.4) is 0 Å². The maximum absolute atomic E-state index is 12.4. The highest BCUT2D eigenvalue weighted by atomic mass is 35.5. The second-order valence-corrected chi connectivity index (χ2v) is 5.36. The number of halogens is 1. The van der Waals surface area contributed by atoms with Gasteiger partial charge in [0.25, 0.3) is 5.91 Å². The Morgan fingerprint density at radius 3 is 2.53 bits per heavy atom. The third-order valence-electron chi connectivity index (χ3n) is 3.87. The van der Waals surface area contributed by atoms with Gasteiger partial charge in [-0.25, -0.2) is 0 Å². The summed E-state index contributed by atoms with van der Waals surface area (Å²) < 4.78 is 0. The third-order valence-corrected chi connectivity index (χ3v) is 4.12. The zero-order valence-electron chi connectivity index (χ0n) is 11.6. The van der Waals surface area contributed by atoms with Gasteiger partial charge in [-0.2, -0.15) is 0 Å². The van der Waals surface area contributed by atoms with Gasteiger partial charge in [-0.3, -0.25) is 9.69 Å². The topological polar surface area (TPSA) is 23.6 Å². The Bertz CT molecular complexity index is 428. The Balaban J connectivity index is 2.00. The molecule has 1 atom stereocenters. The van der Waals surface area contributed by atoms with Crippen LogP contribution in [0.4, 0.5) is 0 Å². The molecule has 0 radical (unpaired) electrons. The zero-order valence-corrected chi connectivity index (χ0v) is 12.4. The Hall–Kier alpha value is -1.06. The normalized spacial score (nSPS) is 19.2. The maximum Gasteiger partial charge on any atom is 0.253 e. The van der Waals surface area contributed by atoms with E-state index in [2.05, 4.69) is 18.7 Å². The van der Waals surface area contributed by atoms with Gasteiger partial charge in [0.1, 0.15) is 0 Å². The molecule has 1 amide bonds. The van der Waals surface area contributed by atoms with Crippen molar-refractivity contribution < 1.29 is 4.79 Å². The molecule has 1 aromatic carbocycles. The molecule has 2 rings (SSSR count). The highest BCUT2D eigenvalue weighted by molar-refractivity contribution is 6.30. The minimum Gasteiger partial charge on any atom is -0.337 e. The third kappa shape index (κ3) is 3.28. The van der Waals surface area contributed by atoms with E-state index in [4.69, 9.17) is 11.6 Å². The molecule has 4 heteroatoms. The fourth-order valence-electron chi connectivity index (χ4n) is 2.74. The van der Waals surface area contributed by atoms with Crippen molar-refractivity contribution in [2.24, 2.45) is 0 Å². The van der Waals surface area contributed by atoms with Crippen LogP contribution in [0.25, 0.3) is 0 Å². The zero-order chi connectivity index (χ0) is 13.8. The van der Waals surface area contributed by atoms with Crippen LogP contribution >= 0.6 is 11.6 Å². The molecular formula is C15H21ClN2O. The lowest BCUT2D eigenvalue weighted by Crippen LogP contribution is -2.38. The molecular weight excluding hydrogens is 260 g/mol. The van der Waals surface area contributed by atoms with E-state index in [1.807, 2.05) is 4.90 Å². The van der Waals surface area contributed by atoms with Crippen molar-refractivity contribution in [3.8, 4) is 0 Å². The van der Waals surface area contributed by atoms with Gasteiger partial charge in [0.15, 0.2) is 0 Å². The molecule has 0 spiro atoms. The van der Waals surface area contributed by atoms with Gasteiger partial charge >= 0.3 is 0 Å². The smallest absolute Gasteiger partial charge is 0.253 e. The highest BCUT2D eigenvalue weighted by Crippen LogP contribution is 2.19. The fourth-order valence-corrected chi connectivity index (χ4v) is 2.87. The van der Waals surface area contributed by atoms with Crippen LogP contribution in [-0.2, 0) is 0 Å². The Labute approximate surface area is 120 Å².